The third kappa shape index (κ3) is 4.39. The smallest absolute Gasteiger partial charge is 0.339 e. The Morgan fingerprint density at radius 2 is 1.78 bits per heavy atom. The van der Waals surface area contributed by atoms with Gasteiger partial charge in [-0.15, -0.1) is 0 Å². The molecule has 0 aliphatic carbocycles. The van der Waals surface area contributed by atoms with E-state index in [0.29, 0.717) is 16.4 Å². The third-order valence-electron chi connectivity index (χ3n) is 4.85. The lowest BCUT2D eigenvalue weighted by molar-refractivity contribution is 0.0602. The average molecular weight is 384 g/mol. The van der Waals surface area contributed by atoms with Crippen molar-refractivity contribution < 1.29 is 9.53 Å². The zero-order valence-corrected chi connectivity index (χ0v) is 16.8. The monoisotopic (exact) mass is 383 g/mol. The second-order valence-electron chi connectivity index (χ2n) is 6.73. The number of methoxy groups -OCH3 is 1. The van der Waals surface area contributed by atoms with Gasteiger partial charge < -0.3 is 19.9 Å². The first-order chi connectivity index (χ1) is 13.0. The van der Waals surface area contributed by atoms with Crippen molar-refractivity contribution in [3.8, 4) is 0 Å². The van der Waals surface area contributed by atoms with Gasteiger partial charge in [0, 0.05) is 31.9 Å². The topological polar surface area (TPSA) is 44.8 Å². The number of benzene rings is 2. The molecule has 5 nitrogen and oxygen atoms in total. The number of nitrogens with one attached hydrogen (secondary N) is 1. The van der Waals surface area contributed by atoms with Crippen LogP contribution in [0.4, 0.5) is 11.4 Å². The molecule has 142 valence electrons. The van der Waals surface area contributed by atoms with Crippen LogP contribution in [0.3, 0.4) is 0 Å². The predicted molar refractivity (Wildman–Crippen MR) is 114 cm³/mol. The van der Waals surface area contributed by atoms with Crippen molar-refractivity contribution in [3.63, 3.8) is 0 Å². The van der Waals surface area contributed by atoms with Crippen LogP contribution in [-0.2, 0) is 4.74 Å². The zero-order valence-electron chi connectivity index (χ0n) is 16.0. The van der Waals surface area contributed by atoms with Gasteiger partial charge in [0.1, 0.15) is 0 Å². The number of hydrogen-bond donors (Lipinski definition) is 1. The minimum absolute atomic E-state index is 0.374. The lowest BCUT2D eigenvalue weighted by atomic mass is 10.1. The molecule has 2 aromatic carbocycles. The number of carbonyl (C=O) groups excluding carboxylic acids is 1. The molecule has 0 spiro atoms. The van der Waals surface area contributed by atoms with Crippen molar-refractivity contribution in [1.29, 1.82) is 0 Å². The van der Waals surface area contributed by atoms with Crippen LogP contribution in [0.15, 0.2) is 42.5 Å². The SMILES string of the molecule is COC(=O)c1ccccc1NC(=S)N1CCN(c2cc(C)ccc2C)CC1. The van der Waals surface area contributed by atoms with Gasteiger partial charge in [-0.3, -0.25) is 0 Å². The van der Waals surface area contributed by atoms with E-state index in [1.54, 1.807) is 6.07 Å². The van der Waals surface area contributed by atoms with Crippen LogP contribution >= 0.6 is 12.2 Å². The Bertz CT molecular complexity index is 845. The van der Waals surface area contributed by atoms with Crippen molar-refractivity contribution in [2.75, 3.05) is 43.5 Å². The normalized spacial score (nSPS) is 14.0. The Kier molecular flexibility index (Phi) is 5.96. The Morgan fingerprint density at radius 1 is 1.07 bits per heavy atom. The van der Waals surface area contributed by atoms with Crippen LogP contribution in [0.5, 0.6) is 0 Å². The van der Waals surface area contributed by atoms with Crippen molar-refractivity contribution in [2.24, 2.45) is 0 Å². The molecule has 1 saturated heterocycles. The largest absolute Gasteiger partial charge is 0.465 e. The van der Waals surface area contributed by atoms with E-state index in [4.69, 9.17) is 17.0 Å². The summed E-state index contributed by atoms with van der Waals surface area (Å²) in [5, 5.41) is 3.84. The molecule has 0 unspecified atom stereocenters. The number of carbonyl (C=O) groups is 1. The lowest BCUT2D eigenvalue weighted by Crippen LogP contribution is -2.50. The third-order valence-corrected chi connectivity index (χ3v) is 5.21. The van der Waals surface area contributed by atoms with E-state index in [9.17, 15) is 4.79 Å². The summed E-state index contributed by atoms with van der Waals surface area (Å²) in [7, 11) is 1.38. The molecule has 0 atom stereocenters. The first-order valence-corrected chi connectivity index (χ1v) is 9.46. The van der Waals surface area contributed by atoms with Crippen molar-refractivity contribution in [1.82, 2.24) is 4.90 Å². The van der Waals surface area contributed by atoms with Gasteiger partial charge in [0.15, 0.2) is 5.11 Å². The van der Waals surface area contributed by atoms with E-state index in [1.807, 2.05) is 18.2 Å². The molecule has 27 heavy (non-hydrogen) atoms. The number of hydrogen-bond acceptors (Lipinski definition) is 4. The summed E-state index contributed by atoms with van der Waals surface area (Å²) in [6, 6.07) is 13.8. The van der Waals surface area contributed by atoms with Crippen LogP contribution in [-0.4, -0.2) is 49.3 Å². The summed E-state index contributed by atoms with van der Waals surface area (Å²) in [4.78, 5) is 16.5. The second kappa shape index (κ2) is 8.39. The standard InChI is InChI=1S/C21H25N3O2S/c1-15-8-9-16(2)19(14-15)23-10-12-24(13-11-23)21(27)22-18-7-5-4-6-17(18)20(25)26-3/h4-9,14H,10-13H2,1-3H3,(H,22,27). The van der Waals surface area contributed by atoms with E-state index in [2.05, 4.69) is 47.2 Å². The Morgan fingerprint density at radius 3 is 2.48 bits per heavy atom. The molecule has 0 saturated carbocycles. The molecular weight excluding hydrogens is 358 g/mol. The van der Waals surface area contributed by atoms with Gasteiger partial charge in [-0.1, -0.05) is 24.3 Å². The van der Waals surface area contributed by atoms with Gasteiger partial charge in [-0.25, -0.2) is 4.79 Å². The summed E-state index contributed by atoms with van der Waals surface area (Å²) in [6.45, 7) is 7.75. The van der Waals surface area contributed by atoms with Gasteiger partial charge >= 0.3 is 5.97 Å². The molecule has 0 bridgehead atoms. The fraction of sp³-hybridized carbons (Fsp3) is 0.333. The van der Waals surface area contributed by atoms with Crippen LogP contribution < -0.4 is 10.2 Å². The van der Waals surface area contributed by atoms with Gasteiger partial charge in [-0.2, -0.15) is 0 Å². The molecule has 1 N–H and O–H groups in total. The molecule has 1 fully saturated rings. The molecule has 1 aliphatic rings. The summed E-state index contributed by atoms with van der Waals surface area (Å²) in [5.41, 5.74) is 5.02. The number of rotatable bonds is 3. The number of esters is 1. The quantitative estimate of drug-likeness (QED) is 0.645. The van der Waals surface area contributed by atoms with Crippen molar-refractivity contribution in [3.05, 3.63) is 59.2 Å². The van der Waals surface area contributed by atoms with Gasteiger partial charge in [0.25, 0.3) is 0 Å². The minimum Gasteiger partial charge on any atom is -0.465 e. The minimum atomic E-state index is -0.374. The predicted octanol–water partition coefficient (Wildman–Crippen LogP) is 3.61. The first-order valence-electron chi connectivity index (χ1n) is 9.05. The number of piperazine rings is 1. The van der Waals surface area contributed by atoms with E-state index in [-0.39, 0.29) is 5.97 Å². The van der Waals surface area contributed by atoms with E-state index in [0.717, 1.165) is 26.2 Å². The van der Waals surface area contributed by atoms with E-state index < -0.39 is 0 Å². The molecule has 6 heteroatoms. The maximum atomic E-state index is 11.9. The van der Waals surface area contributed by atoms with Crippen LogP contribution in [0.1, 0.15) is 21.5 Å². The first kappa shape index (κ1) is 19.2. The summed E-state index contributed by atoms with van der Waals surface area (Å²) < 4.78 is 4.85. The van der Waals surface area contributed by atoms with E-state index >= 15 is 0 Å². The number of thiocarbonyl (C=S) groups is 1. The fourth-order valence-corrected chi connectivity index (χ4v) is 3.58. The summed E-state index contributed by atoms with van der Waals surface area (Å²) in [6.07, 6.45) is 0. The molecule has 2 aromatic rings. The zero-order chi connectivity index (χ0) is 19.4. The van der Waals surface area contributed by atoms with Crippen molar-refractivity contribution in [2.45, 2.75) is 13.8 Å². The number of anilines is 2. The van der Waals surface area contributed by atoms with Crippen molar-refractivity contribution >= 4 is 34.7 Å². The Labute approximate surface area is 165 Å². The molecule has 1 aliphatic heterocycles. The number of aryl methyl sites for hydroxylation is 2. The molecule has 0 aromatic heterocycles. The maximum absolute atomic E-state index is 11.9. The van der Waals surface area contributed by atoms with E-state index in [1.165, 1.54) is 23.9 Å². The lowest BCUT2D eigenvalue weighted by Gasteiger charge is -2.38. The number of para-hydroxylation sites is 1. The number of nitrogens with zero attached hydrogens (tertiary/aromatic N) is 2. The van der Waals surface area contributed by atoms with Crippen LogP contribution in [0.2, 0.25) is 0 Å². The fourth-order valence-electron chi connectivity index (χ4n) is 3.28. The molecular formula is C21H25N3O2S. The van der Waals surface area contributed by atoms with Gasteiger partial charge in [0.05, 0.1) is 18.4 Å². The molecule has 1 heterocycles. The van der Waals surface area contributed by atoms with Gasteiger partial charge in [0.2, 0.25) is 0 Å². The second-order valence-corrected chi connectivity index (χ2v) is 7.12. The Balaban J connectivity index is 1.64. The molecule has 3 rings (SSSR count). The highest BCUT2D eigenvalue weighted by Crippen LogP contribution is 2.23. The summed E-state index contributed by atoms with van der Waals surface area (Å²) in [5.74, 6) is -0.374. The molecule has 0 radical (unpaired) electrons. The molecule has 0 amide bonds. The average Bonchev–Trinajstić information content (AvgIpc) is 2.69. The highest BCUT2D eigenvalue weighted by Gasteiger charge is 2.21. The highest BCUT2D eigenvalue weighted by molar-refractivity contribution is 7.80. The van der Waals surface area contributed by atoms with Gasteiger partial charge in [-0.05, 0) is 55.4 Å². The number of ether oxygens (including phenoxy) is 1. The van der Waals surface area contributed by atoms with Crippen LogP contribution in [0, 0.1) is 13.8 Å². The van der Waals surface area contributed by atoms with Crippen LogP contribution in [0.25, 0.3) is 0 Å². The summed E-state index contributed by atoms with van der Waals surface area (Å²) >= 11 is 5.58. The maximum Gasteiger partial charge on any atom is 0.339 e. The highest BCUT2D eigenvalue weighted by atomic mass is 32.1. The Hall–Kier alpha value is -2.60.